The predicted molar refractivity (Wildman–Crippen MR) is 645 cm³/mol. The monoisotopic (exact) mass is 2230 g/mol. The van der Waals surface area contributed by atoms with Crippen molar-refractivity contribution in [2.24, 2.45) is 30.0 Å². The molecule has 0 aromatic rings. The molecule has 44 heteroatoms. The number of nitrogens with zero attached hydrogens (tertiary/aromatic N) is 12. The molecule has 0 saturated carbocycles. The van der Waals surface area contributed by atoms with Crippen LogP contribution in [0, 0.1) is 0 Å². The Bertz CT molecular complexity index is 3260. The van der Waals surface area contributed by atoms with Gasteiger partial charge in [0.15, 0.2) is 77.3 Å². The molecule has 143 heavy (non-hydrogen) atoms. The number of aliphatic imine (C=N–C) groups is 6. The van der Waals surface area contributed by atoms with Gasteiger partial charge in [0.05, 0.1) is 0 Å². The fourth-order valence-corrected chi connectivity index (χ4v) is 49.5. The fourth-order valence-electron chi connectivity index (χ4n) is 14.3. The second-order valence-corrected chi connectivity index (χ2v) is 88.5. The minimum absolute atomic E-state index is 0.253. The maximum Gasteiger partial charge on any atom is 0.500 e. The molecule has 0 spiro atoms. The molecule has 0 aliphatic rings. The van der Waals surface area contributed by atoms with Crippen molar-refractivity contribution in [1.29, 1.82) is 0 Å². The normalized spacial score (nSPS) is 13.6. The van der Waals surface area contributed by atoms with Gasteiger partial charge >= 0.3 is 52.1 Å². The van der Waals surface area contributed by atoms with Crippen LogP contribution in [0.3, 0.4) is 0 Å². The van der Waals surface area contributed by atoms with E-state index in [1.807, 2.05) is 41.7 Å². The summed E-state index contributed by atoms with van der Waals surface area (Å²) in [6, 6.07) is 9.32. The molecule has 0 bridgehead atoms. The van der Waals surface area contributed by atoms with E-state index >= 15 is 0 Å². The standard InChI is InChI=1S/C20H51N3O3Si4.C18H45N3O2Si3.C17H39N3O3Si.C16H37N3O2Si.C14H33N3O3Si.C14H33N3O2Si/c1-18(2)21-20(22-19(3)4)23(5)16-15-17-30(24-27(6,7)8,25-28(9,10)11)26-29(12,13)14;1-16(2)19-18(20-17(3)4)21(5)14-13-15-26(12,22-24(6,7)8)23-25(9,10)11;1-9-21-24(22-10-2,23-11-3)14-12-13-20(8)17(18-15(4)5)19-16(6)7;1-9-20-22(8,21-10-2)13-11-12-19(7)16(17-14(3)4)18-15(5)6;1-12(2)15-14(16-13(3)4)17(5)10-9-11-21(18-6,19-7)20-8;1-12(2)15-14(16-13(3)4)17(5)10-9-11-20(8,18-6)19-7/h18-19H,15-17H2,1-14H3,(H,21,22);16-17H,13-15H2,1-12H3,(H,19,20);15-16H,9-14H2,1-8H3,(H,18,19);14-15H,9-13H2,1-8H3,(H,17,18);12-13H,9-11H2,1-8H3,(H,15,16);12-13H,9-11H2,1-8H3,(H,15,16). The molecule has 0 aliphatic heterocycles. The van der Waals surface area contributed by atoms with Crippen molar-refractivity contribution in [3.8, 4) is 0 Å². The summed E-state index contributed by atoms with van der Waals surface area (Å²) in [6.07, 6.45) is 5.98. The highest BCUT2D eigenvalue weighted by Gasteiger charge is 2.50. The summed E-state index contributed by atoms with van der Waals surface area (Å²) in [5.41, 5.74) is 0. The molecule has 858 valence electrons. The van der Waals surface area contributed by atoms with Crippen molar-refractivity contribution in [1.82, 2.24) is 61.3 Å². The van der Waals surface area contributed by atoms with Crippen LogP contribution in [0.25, 0.3) is 0 Å². The summed E-state index contributed by atoms with van der Waals surface area (Å²) in [6.45, 7) is 110. The van der Waals surface area contributed by atoms with Crippen molar-refractivity contribution in [3.63, 3.8) is 0 Å². The third-order valence-corrected chi connectivity index (χ3v) is 53.2. The summed E-state index contributed by atoms with van der Waals surface area (Å²) in [7, 11) is -1.68. The van der Waals surface area contributed by atoms with Gasteiger partial charge in [-0.25, -0.2) is 0 Å². The largest absolute Gasteiger partial charge is 0.500 e. The zero-order valence-corrected chi connectivity index (χ0v) is 115. The Morgan fingerprint density at radius 2 is 0.378 bits per heavy atom. The molecule has 0 unspecified atom stereocenters. The van der Waals surface area contributed by atoms with Crippen LogP contribution in [0.5, 0.6) is 0 Å². The zero-order chi connectivity index (χ0) is 113. The minimum Gasteiger partial charge on any atom is -0.437 e. The van der Waals surface area contributed by atoms with Gasteiger partial charge in [-0.2, -0.15) is 0 Å². The molecule has 6 N–H and O–H groups in total. The van der Waals surface area contributed by atoms with E-state index in [2.05, 4.69) is 396 Å². The Balaban J connectivity index is -0.000000396. The second-order valence-electron chi connectivity index (χ2n) is 45.9. The van der Waals surface area contributed by atoms with Gasteiger partial charge in [-0.05, 0) is 375 Å². The van der Waals surface area contributed by atoms with Crippen molar-refractivity contribution >= 4 is 129 Å². The highest BCUT2D eigenvalue weighted by Crippen LogP contribution is 2.32. The molecule has 0 atom stereocenters. The van der Waals surface area contributed by atoms with Crippen LogP contribution >= 0.6 is 0 Å². The predicted octanol–water partition coefficient (Wildman–Crippen LogP) is 21.1. The quantitative estimate of drug-likeness (QED) is 0.0187. The van der Waals surface area contributed by atoms with Crippen LogP contribution in [-0.2, 0) is 64.8 Å². The first-order valence-corrected chi connectivity index (χ1v) is 84.5. The van der Waals surface area contributed by atoms with Gasteiger partial charge in [-0.1, -0.05) is 0 Å². The molecule has 0 heterocycles. The van der Waals surface area contributed by atoms with E-state index in [1.54, 1.807) is 35.5 Å². The van der Waals surface area contributed by atoms with E-state index in [-0.39, 0.29) is 36.3 Å². The number of hydrogen-bond acceptors (Lipinski definition) is 21. The molecular weight excluding hydrogens is 1990 g/mol. The fraction of sp³-hybridized carbons (Fsp3) is 0.939. The first-order chi connectivity index (χ1) is 65.3. The van der Waals surface area contributed by atoms with Gasteiger partial charge in [-0.15, -0.1) is 0 Å². The summed E-state index contributed by atoms with van der Waals surface area (Å²) in [5.74, 6) is 5.75. The maximum atomic E-state index is 6.79. The van der Waals surface area contributed by atoms with Crippen LogP contribution < -0.4 is 31.9 Å². The zero-order valence-electron chi connectivity index (χ0n) is 104. The van der Waals surface area contributed by atoms with E-state index in [4.69, 9.17) is 79.8 Å². The number of rotatable bonds is 61. The third-order valence-electron chi connectivity index (χ3n) is 19.5. The average Bonchev–Trinajstić information content (AvgIpc) is 0.796. The first kappa shape index (κ1) is 151. The van der Waals surface area contributed by atoms with Crippen molar-refractivity contribution < 1.29 is 64.8 Å². The van der Waals surface area contributed by atoms with E-state index < -0.39 is 93.7 Å². The lowest BCUT2D eigenvalue weighted by Gasteiger charge is -2.43. The van der Waals surface area contributed by atoms with Crippen LogP contribution in [0.4, 0.5) is 0 Å². The van der Waals surface area contributed by atoms with Crippen LogP contribution in [-0.4, -0.2) is 381 Å². The summed E-state index contributed by atoms with van der Waals surface area (Å²) in [4.78, 5) is 41.3. The van der Waals surface area contributed by atoms with Crippen molar-refractivity contribution in [2.75, 3.05) is 150 Å². The van der Waals surface area contributed by atoms with Crippen LogP contribution in [0.15, 0.2) is 30.0 Å². The molecule has 0 amide bonds. The Morgan fingerprint density at radius 1 is 0.210 bits per heavy atom. The highest BCUT2D eigenvalue weighted by molar-refractivity contribution is 6.90. The molecular formula is C99H238N18O15Si11. The van der Waals surface area contributed by atoms with Crippen molar-refractivity contribution in [3.05, 3.63) is 0 Å². The van der Waals surface area contributed by atoms with E-state index in [9.17, 15) is 0 Å². The Labute approximate surface area is 895 Å². The van der Waals surface area contributed by atoms with E-state index in [1.165, 1.54) is 0 Å². The lowest BCUT2D eigenvalue weighted by molar-refractivity contribution is 0.0704. The smallest absolute Gasteiger partial charge is 0.437 e. The second kappa shape index (κ2) is 77.7. The minimum atomic E-state index is -2.77. The highest BCUT2D eigenvalue weighted by atomic mass is 28.5. The Kier molecular flexibility index (Phi) is 82.1. The third kappa shape index (κ3) is 84.6. The molecule has 0 radical (unpaired) electrons. The van der Waals surface area contributed by atoms with E-state index in [0.717, 1.165) is 163 Å². The SMILES string of the molecule is CC(C)N=C(NC(C)C)N(C)CCC[Si](C)(O[Si](C)(C)C)O[Si](C)(C)C.CC(C)N=C(NC(C)C)N(C)CCC[Si](O[Si](C)(C)C)(O[Si](C)(C)C)O[Si](C)(C)C.CCO[Si](C)(CCCN(C)C(=NC(C)C)NC(C)C)OCC.CCO[Si](CCCN(C)C(=NC(C)C)NC(C)C)(OCC)OCC.CO[Si](C)(CCCN(C)C(=NC(C)C)NC(C)C)OC.CO[Si](CCCN(C)C(=NC(C)C)NC(C)C)(OC)OC. The van der Waals surface area contributed by atoms with Gasteiger partial charge < -0.3 is 126 Å². The molecule has 0 aromatic heterocycles. The molecule has 0 rings (SSSR count). The number of guanidine groups is 6. The molecule has 33 nitrogen and oxygen atoms in total. The first-order valence-electron chi connectivity index (χ1n) is 54.1. The number of hydrogen-bond donors (Lipinski definition) is 6. The van der Waals surface area contributed by atoms with Gasteiger partial charge in [0, 0.05) is 241 Å². The number of nitrogens with one attached hydrogen (secondary N) is 6. The Morgan fingerprint density at radius 3 is 0.538 bits per heavy atom. The molecule has 0 saturated heterocycles. The van der Waals surface area contributed by atoms with Crippen LogP contribution in [0.2, 0.25) is 154 Å². The summed E-state index contributed by atoms with van der Waals surface area (Å²) < 4.78 is 90.4. The van der Waals surface area contributed by atoms with Crippen molar-refractivity contribution in [2.45, 2.75) is 466 Å². The average molecular weight is 2230 g/mol. The molecule has 0 aliphatic carbocycles. The maximum absolute atomic E-state index is 6.79. The van der Waals surface area contributed by atoms with Gasteiger partial charge in [0.25, 0.3) is 0 Å². The van der Waals surface area contributed by atoms with Gasteiger partial charge in [0.1, 0.15) is 0 Å². The molecule has 0 aromatic carbocycles. The lowest BCUT2D eigenvalue weighted by atomic mass is 10.4. The summed E-state index contributed by atoms with van der Waals surface area (Å²) >= 11 is 0. The summed E-state index contributed by atoms with van der Waals surface area (Å²) in [5, 5.41) is 20.6. The molecule has 0 fully saturated rings. The topological polar surface area (TPSA) is 304 Å². The lowest BCUT2D eigenvalue weighted by Crippen LogP contribution is -2.60. The van der Waals surface area contributed by atoms with Gasteiger partial charge in [0.2, 0.25) is 0 Å². The van der Waals surface area contributed by atoms with E-state index in [0.29, 0.717) is 56.1 Å². The Hall–Kier alpha value is -2.59. The van der Waals surface area contributed by atoms with Crippen LogP contribution in [0.1, 0.15) is 239 Å². The van der Waals surface area contributed by atoms with Gasteiger partial charge in [-0.3, -0.25) is 30.0 Å².